The summed E-state index contributed by atoms with van der Waals surface area (Å²) in [6, 6.07) is 5.84. The Morgan fingerprint density at radius 3 is 2.69 bits per heavy atom. The maximum Gasteiger partial charge on any atom is 0.414 e. The molecule has 0 atom stereocenters. The molecule has 4 nitrogen and oxygen atoms in total. The molecule has 0 unspecified atom stereocenters. The van der Waals surface area contributed by atoms with Crippen molar-refractivity contribution in [2.45, 2.75) is 0 Å². The third-order valence-corrected chi connectivity index (χ3v) is 1.63. The monoisotopic (exact) mass is 182 g/mol. The van der Waals surface area contributed by atoms with E-state index in [0.717, 1.165) is 0 Å². The van der Waals surface area contributed by atoms with E-state index in [4.69, 9.17) is 11.2 Å². The average molecular weight is 182 g/mol. The van der Waals surface area contributed by atoms with Crippen molar-refractivity contribution >= 4 is 17.5 Å². The molecule has 4 heteroatoms. The predicted octanol–water partition coefficient (Wildman–Crippen LogP) is 1.23. The van der Waals surface area contributed by atoms with Crippen LogP contribution >= 0.6 is 0 Å². The molecule has 1 aliphatic rings. The van der Waals surface area contributed by atoms with Crippen molar-refractivity contribution in [2.24, 2.45) is 0 Å². The van der Waals surface area contributed by atoms with Crippen LogP contribution in [0, 0.1) is 0 Å². The highest BCUT2D eigenvalue weighted by molar-refractivity contribution is 5.89. The van der Waals surface area contributed by atoms with Crippen LogP contribution in [-0.2, 0) is 4.74 Å². The number of nitrogens with zero attached hydrogens (tertiary/aromatic N) is 1. The third-order valence-electron chi connectivity index (χ3n) is 1.63. The Bertz CT molecular complexity index is 461. The molecule has 1 saturated heterocycles. The molecule has 0 saturated carbocycles. The number of amides is 1. The number of rotatable bonds is 1. The molecule has 0 radical (unpaired) electrons. The maximum absolute atomic E-state index is 11.5. The number of cyclic esters (lactones) is 1. The first-order valence-electron chi connectivity index (χ1n) is 5.64. The van der Waals surface area contributed by atoms with E-state index in [1.807, 2.05) is 0 Å². The van der Waals surface area contributed by atoms with E-state index in [1.165, 1.54) is 24.3 Å². The molecule has 0 aromatic heterocycles. The SMILES string of the molecule is [2H]C1([2H])OC(=O)N(c2ccc(N)cc2)C1([2H])[2H]. The van der Waals surface area contributed by atoms with E-state index in [0.29, 0.717) is 10.6 Å². The van der Waals surface area contributed by atoms with Crippen LogP contribution in [0.2, 0.25) is 0 Å². The first-order valence-corrected chi connectivity index (χ1v) is 3.64. The fraction of sp³-hybridized carbons (Fsp3) is 0.222. The highest BCUT2D eigenvalue weighted by Crippen LogP contribution is 2.19. The summed E-state index contributed by atoms with van der Waals surface area (Å²) < 4.78 is 34.2. The Hall–Kier alpha value is -1.71. The zero-order chi connectivity index (χ0) is 12.8. The zero-order valence-corrected chi connectivity index (χ0v) is 6.65. The van der Waals surface area contributed by atoms with Crippen LogP contribution in [-0.4, -0.2) is 19.1 Å². The molecule has 1 aliphatic heterocycles. The van der Waals surface area contributed by atoms with Gasteiger partial charge in [0.1, 0.15) is 6.56 Å². The van der Waals surface area contributed by atoms with Crippen LogP contribution in [0.25, 0.3) is 0 Å². The fourth-order valence-corrected chi connectivity index (χ4v) is 0.997. The second-order valence-electron chi connectivity index (χ2n) is 2.51. The summed E-state index contributed by atoms with van der Waals surface area (Å²) in [5.41, 5.74) is 6.13. The molecule has 1 aromatic rings. The largest absolute Gasteiger partial charge is 0.447 e. The van der Waals surface area contributed by atoms with Gasteiger partial charge in [0, 0.05) is 11.4 Å². The summed E-state index contributed by atoms with van der Waals surface area (Å²) in [6.45, 7) is -5.26. The van der Waals surface area contributed by atoms with Crippen LogP contribution in [0.15, 0.2) is 24.3 Å². The molecule has 1 amide bonds. The summed E-state index contributed by atoms with van der Waals surface area (Å²) >= 11 is 0. The summed E-state index contributed by atoms with van der Waals surface area (Å²) in [5.74, 6) is 0. The van der Waals surface area contributed by atoms with E-state index in [9.17, 15) is 4.79 Å². The number of benzene rings is 1. The quantitative estimate of drug-likeness (QED) is 0.664. The highest BCUT2D eigenvalue weighted by atomic mass is 16.6. The topological polar surface area (TPSA) is 55.6 Å². The summed E-state index contributed by atoms with van der Waals surface area (Å²) in [7, 11) is 0. The van der Waals surface area contributed by atoms with Gasteiger partial charge in [-0.2, -0.15) is 0 Å². The van der Waals surface area contributed by atoms with Crippen LogP contribution in [0.1, 0.15) is 5.48 Å². The zero-order valence-electron chi connectivity index (χ0n) is 10.7. The van der Waals surface area contributed by atoms with Crippen molar-refractivity contribution in [3.05, 3.63) is 24.3 Å². The Kier molecular flexibility index (Phi) is 1.03. The highest BCUT2D eigenvalue weighted by Gasteiger charge is 2.22. The molecule has 0 bridgehead atoms. The predicted molar refractivity (Wildman–Crippen MR) is 49.5 cm³/mol. The Labute approximate surface area is 81.5 Å². The van der Waals surface area contributed by atoms with Gasteiger partial charge in [-0.15, -0.1) is 0 Å². The smallest absolute Gasteiger partial charge is 0.414 e. The second-order valence-corrected chi connectivity index (χ2v) is 2.51. The van der Waals surface area contributed by atoms with Crippen LogP contribution in [0.4, 0.5) is 16.2 Å². The third kappa shape index (κ3) is 1.42. The van der Waals surface area contributed by atoms with E-state index in [-0.39, 0.29) is 5.69 Å². The number of anilines is 2. The lowest BCUT2D eigenvalue weighted by atomic mass is 10.2. The van der Waals surface area contributed by atoms with Crippen LogP contribution in [0.5, 0.6) is 0 Å². The summed E-state index contributed by atoms with van der Waals surface area (Å²) in [4.78, 5) is 12.1. The molecular formula is C9H10N2O2. The van der Waals surface area contributed by atoms with E-state index in [1.54, 1.807) is 0 Å². The van der Waals surface area contributed by atoms with Gasteiger partial charge < -0.3 is 10.5 Å². The minimum atomic E-state index is -2.69. The van der Waals surface area contributed by atoms with Crippen molar-refractivity contribution in [3.8, 4) is 0 Å². The Morgan fingerprint density at radius 1 is 1.46 bits per heavy atom. The van der Waals surface area contributed by atoms with Gasteiger partial charge in [-0.3, -0.25) is 4.90 Å². The number of hydrogen-bond donors (Lipinski definition) is 1. The second kappa shape index (κ2) is 2.97. The fourth-order valence-electron chi connectivity index (χ4n) is 0.997. The molecule has 1 fully saturated rings. The minimum Gasteiger partial charge on any atom is -0.447 e. The molecule has 1 aromatic carbocycles. The van der Waals surface area contributed by atoms with Crippen molar-refractivity contribution in [3.63, 3.8) is 0 Å². The van der Waals surface area contributed by atoms with E-state index < -0.39 is 19.1 Å². The molecule has 1 heterocycles. The summed E-state index contributed by atoms with van der Waals surface area (Å²) in [5, 5.41) is 0. The van der Waals surface area contributed by atoms with Crippen molar-refractivity contribution in [1.29, 1.82) is 0 Å². The van der Waals surface area contributed by atoms with Gasteiger partial charge in [-0.25, -0.2) is 4.79 Å². The lowest BCUT2D eigenvalue weighted by Crippen LogP contribution is -2.23. The van der Waals surface area contributed by atoms with Crippen molar-refractivity contribution in [2.75, 3.05) is 23.7 Å². The number of nitrogens with two attached hydrogens (primary N) is 1. The van der Waals surface area contributed by atoms with Crippen LogP contribution < -0.4 is 10.6 Å². The maximum atomic E-state index is 11.5. The normalized spacial score (nSPS) is 28.3. The Morgan fingerprint density at radius 2 is 2.15 bits per heavy atom. The van der Waals surface area contributed by atoms with Gasteiger partial charge in [0.25, 0.3) is 0 Å². The lowest BCUT2D eigenvalue weighted by Gasteiger charge is -2.11. The van der Waals surface area contributed by atoms with Gasteiger partial charge in [-0.05, 0) is 24.3 Å². The van der Waals surface area contributed by atoms with Gasteiger partial charge in [0.15, 0.2) is 0 Å². The molecule has 13 heavy (non-hydrogen) atoms. The van der Waals surface area contributed by atoms with E-state index in [2.05, 4.69) is 4.74 Å². The molecular weight excluding hydrogens is 168 g/mol. The Balaban J connectivity index is 2.45. The number of nitrogen functional groups attached to an aromatic ring is 1. The first kappa shape index (κ1) is 4.50. The number of hydrogen-bond acceptors (Lipinski definition) is 3. The molecule has 0 spiro atoms. The summed E-state index contributed by atoms with van der Waals surface area (Å²) in [6.07, 6.45) is -1.07. The number of carbonyl (C=O) groups is 1. The molecule has 68 valence electrons. The van der Waals surface area contributed by atoms with Gasteiger partial charge in [0.05, 0.1) is 12.0 Å². The number of ether oxygens (including phenoxy) is 1. The molecule has 0 aliphatic carbocycles. The van der Waals surface area contributed by atoms with Gasteiger partial charge >= 0.3 is 6.09 Å². The lowest BCUT2D eigenvalue weighted by molar-refractivity contribution is 0.181. The molecule has 2 rings (SSSR count). The molecule has 2 N–H and O–H groups in total. The van der Waals surface area contributed by atoms with Gasteiger partial charge in [-0.1, -0.05) is 0 Å². The van der Waals surface area contributed by atoms with Gasteiger partial charge in [0.2, 0.25) is 0 Å². The van der Waals surface area contributed by atoms with Crippen molar-refractivity contribution in [1.82, 2.24) is 0 Å². The average Bonchev–Trinajstić information content (AvgIpc) is 2.34. The first-order chi connectivity index (χ1) is 7.75. The van der Waals surface area contributed by atoms with Crippen LogP contribution in [0.3, 0.4) is 0 Å². The standard InChI is InChI=1S/C9H10N2O2/c10-7-1-3-8(4-2-7)11-5-6-13-9(11)12/h1-4H,5-6,10H2/i5D2,6D2. The number of carbonyl (C=O) groups excluding carboxylic acids is 1. The minimum absolute atomic E-state index is 0.190. The van der Waals surface area contributed by atoms with E-state index >= 15 is 0 Å². The van der Waals surface area contributed by atoms with Crippen molar-refractivity contribution < 1.29 is 15.0 Å².